The lowest BCUT2D eigenvalue weighted by Gasteiger charge is -2.20. The predicted octanol–water partition coefficient (Wildman–Crippen LogP) is 4.31. The molecule has 2 heterocycles. The van der Waals surface area contributed by atoms with E-state index >= 15 is 0 Å². The molecule has 31 heavy (non-hydrogen) atoms. The Balaban J connectivity index is 1.17. The Morgan fingerprint density at radius 2 is 1.90 bits per heavy atom. The highest BCUT2D eigenvalue weighted by molar-refractivity contribution is 7.99. The van der Waals surface area contributed by atoms with Gasteiger partial charge in [-0.1, -0.05) is 30.0 Å². The lowest BCUT2D eigenvalue weighted by atomic mass is 9.89. The number of carbonyl (C=O) groups is 1. The molecule has 1 aromatic heterocycles. The van der Waals surface area contributed by atoms with Crippen molar-refractivity contribution in [2.75, 3.05) is 12.5 Å². The van der Waals surface area contributed by atoms with E-state index in [-0.39, 0.29) is 24.5 Å². The first-order valence-corrected chi connectivity index (χ1v) is 11.4. The van der Waals surface area contributed by atoms with E-state index in [9.17, 15) is 4.79 Å². The van der Waals surface area contributed by atoms with Crippen LogP contribution >= 0.6 is 11.8 Å². The molecule has 0 saturated heterocycles. The maximum atomic E-state index is 12.4. The normalized spacial score (nSPS) is 15.4. The fourth-order valence-electron chi connectivity index (χ4n) is 3.93. The Hall–Kier alpha value is -3.00. The zero-order valence-electron chi connectivity index (χ0n) is 17.2. The third-order valence-electron chi connectivity index (χ3n) is 5.60. The second-order valence-corrected chi connectivity index (χ2v) is 8.68. The largest absolute Gasteiger partial charge is 0.454 e. The highest BCUT2D eigenvalue weighted by atomic mass is 32.2. The molecule has 8 heteroatoms. The van der Waals surface area contributed by atoms with Crippen molar-refractivity contribution in [3.63, 3.8) is 0 Å². The van der Waals surface area contributed by atoms with Crippen molar-refractivity contribution in [3.05, 3.63) is 53.1 Å². The van der Waals surface area contributed by atoms with Crippen molar-refractivity contribution < 1.29 is 18.7 Å². The summed E-state index contributed by atoms with van der Waals surface area (Å²) in [7, 11) is 0. The maximum absolute atomic E-state index is 12.4. The summed E-state index contributed by atoms with van der Waals surface area (Å²) in [5.41, 5.74) is 4.75. The van der Waals surface area contributed by atoms with Crippen LogP contribution in [0.15, 0.2) is 46.0 Å². The van der Waals surface area contributed by atoms with Gasteiger partial charge in [-0.05, 0) is 67.5 Å². The lowest BCUT2D eigenvalue weighted by Crippen LogP contribution is -2.28. The summed E-state index contributed by atoms with van der Waals surface area (Å²) >= 11 is 1.22. The smallest absolute Gasteiger partial charge is 0.277 e. The van der Waals surface area contributed by atoms with Crippen LogP contribution in [-0.4, -0.2) is 28.7 Å². The number of thioether (sulfide) groups is 1. The average Bonchev–Trinajstić information content (AvgIpc) is 3.46. The Labute approximate surface area is 184 Å². The third kappa shape index (κ3) is 4.39. The number of benzene rings is 2. The molecule has 0 unspecified atom stereocenters. The van der Waals surface area contributed by atoms with Crippen LogP contribution in [0.1, 0.15) is 42.5 Å². The minimum atomic E-state index is -0.0712. The van der Waals surface area contributed by atoms with Gasteiger partial charge in [-0.2, -0.15) is 0 Å². The van der Waals surface area contributed by atoms with Gasteiger partial charge < -0.3 is 19.2 Å². The van der Waals surface area contributed by atoms with Crippen molar-refractivity contribution in [2.24, 2.45) is 0 Å². The Morgan fingerprint density at radius 1 is 1.06 bits per heavy atom. The second-order valence-electron chi connectivity index (χ2n) is 7.75. The molecule has 1 atom stereocenters. The minimum absolute atomic E-state index is 0.0489. The Bertz CT molecular complexity index is 1110. The molecule has 0 radical (unpaired) electrons. The topological polar surface area (TPSA) is 86.5 Å². The molecule has 7 nitrogen and oxygen atoms in total. The van der Waals surface area contributed by atoms with Crippen LogP contribution in [-0.2, 0) is 17.6 Å². The molecule has 5 rings (SSSR count). The van der Waals surface area contributed by atoms with Crippen molar-refractivity contribution in [1.29, 1.82) is 0 Å². The number of nitrogens with one attached hydrogen (secondary N) is 1. The molecule has 0 bridgehead atoms. The van der Waals surface area contributed by atoms with Crippen molar-refractivity contribution in [1.82, 2.24) is 15.5 Å². The van der Waals surface area contributed by atoms with Gasteiger partial charge >= 0.3 is 0 Å². The summed E-state index contributed by atoms with van der Waals surface area (Å²) in [6.45, 7) is 2.22. The fraction of sp³-hybridized carbons (Fsp3) is 0.348. The molecule has 2 aliphatic rings. The predicted molar refractivity (Wildman–Crippen MR) is 116 cm³/mol. The van der Waals surface area contributed by atoms with E-state index in [1.165, 1.54) is 35.7 Å². The lowest BCUT2D eigenvalue weighted by molar-refractivity contribution is -0.119. The number of ether oxygens (including phenoxy) is 2. The number of hydrogen-bond donors (Lipinski definition) is 1. The van der Waals surface area contributed by atoms with Gasteiger partial charge in [0.1, 0.15) is 0 Å². The van der Waals surface area contributed by atoms with Crippen LogP contribution in [0.4, 0.5) is 0 Å². The molecule has 3 aromatic rings. The summed E-state index contributed by atoms with van der Waals surface area (Å²) in [5, 5.41) is 11.5. The van der Waals surface area contributed by atoms with Crippen LogP contribution in [0.2, 0.25) is 0 Å². The van der Waals surface area contributed by atoms with E-state index in [2.05, 4.69) is 33.7 Å². The van der Waals surface area contributed by atoms with E-state index < -0.39 is 0 Å². The molecule has 1 aliphatic carbocycles. The molecule has 0 fully saturated rings. The standard InChI is InChI=1S/C23H23N3O4S/c1-14(16-7-6-15-4-2-3-5-17(15)10-16)24-21(27)12-31-23-26-25-22(30-23)18-8-9-19-20(11-18)29-13-28-19/h6-11,14H,2-5,12-13H2,1H3,(H,24,27)/t14-/m1/s1. The first kappa shape index (κ1) is 19.9. The van der Waals surface area contributed by atoms with Gasteiger partial charge in [-0.15, -0.1) is 10.2 Å². The van der Waals surface area contributed by atoms with Crippen molar-refractivity contribution in [3.8, 4) is 23.0 Å². The first-order valence-electron chi connectivity index (χ1n) is 10.4. The number of nitrogens with zero attached hydrogens (tertiary/aromatic N) is 2. The minimum Gasteiger partial charge on any atom is -0.454 e. The van der Waals surface area contributed by atoms with E-state index in [1.807, 2.05) is 19.1 Å². The maximum Gasteiger partial charge on any atom is 0.277 e. The highest BCUT2D eigenvalue weighted by Gasteiger charge is 2.18. The number of aromatic nitrogens is 2. The average molecular weight is 438 g/mol. The number of carbonyl (C=O) groups excluding carboxylic acids is 1. The summed E-state index contributed by atoms with van der Waals surface area (Å²) in [4.78, 5) is 12.4. The summed E-state index contributed by atoms with van der Waals surface area (Å²) < 4.78 is 16.4. The van der Waals surface area contributed by atoms with Crippen LogP contribution in [0.25, 0.3) is 11.5 Å². The molecule has 1 N–H and O–H groups in total. The van der Waals surface area contributed by atoms with E-state index in [0.717, 1.165) is 24.0 Å². The summed E-state index contributed by atoms with van der Waals surface area (Å²) in [6, 6.07) is 12.0. The van der Waals surface area contributed by atoms with Crippen molar-refractivity contribution in [2.45, 2.75) is 43.9 Å². The SMILES string of the molecule is C[C@@H](NC(=O)CSc1nnc(-c2ccc3c(c2)OCO3)o1)c1ccc2c(c1)CCCC2. The van der Waals surface area contributed by atoms with Gasteiger partial charge in [0.05, 0.1) is 11.8 Å². The molecule has 1 aliphatic heterocycles. The Kier molecular flexibility index (Phi) is 5.55. The molecular formula is C23H23N3O4S. The fourth-order valence-corrected chi connectivity index (χ4v) is 4.51. The molecule has 1 amide bonds. The van der Waals surface area contributed by atoms with Crippen LogP contribution in [0.3, 0.4) is 0 Å². The van der Waals surface area contributed by atoms with Gasteiger partial charge in [0.25, 0.3) is 5.22 Å². The third-order valence-corrected chi connectivity index (χ3v) is 6.42. The van der Waals surface area contributed by atoms with E-state index in [0.29, 0.717) is 22.6 Å². The molecule has 0 spiro atoms. The number of aryl methyl sites for hydroxylation is 2. The van der Waals surface area contributed by atoms with Gasteiger partial charge in [0, 0.05) is 5.56 Å². The van der Waals surface area contributed by atoms with Gasteiger partial charge in [0.15, 0.2) is 11.5 Å². The van der Waals surface area contributed by atoms with Crippen LogP contribution in [0, 0.1) is 0 Å². The monoisotopic (exact) mass is 437 g/mol. The molecule has 2 aromatic carbocycles. The number of rotatable bonds is 6. The molecular weight excluding hydrogens is 414 g/mol. The quantitative estimate of drug-likeness (QED) is 0.575. The van der Waals surface area contributed by atoms with Crippen LogP contribution in [0.5, 0.6) is 11.5 Å². The number of hydrogen-bond acceptors (Lipinski definition) is 7. The van der Waals surface area contributed by atoms with Gasteiger partial charge in [-0.25, -0.2) is 0 Å². The van der Waals surface area contributed by atoms with Crippen LogP contribution < -0.4 is 14.8 Å². The van der Waals surface area contributed by atoms with E-state index in [1.54, 1.807) is 6.07 Å². The number of amides is 1. The molecule has 0 saturated carbocycles. The van der Waals surface area contributed by atoms with E-state index in [4.69, 9.17) is 13.9 Å². The molecule has 160 valence electrons. The zero-order valence-corrected chi connectivity index (χ0v) is 18.0. The van der Waals surface area contributed by atoms with Gasteiger partial charge in [-0.3, -0.25) is 4.79 Å². The first-order chi connectivity index (χ1) is 15.2. The van der Waals surface area contributed by atoms with Gasteiger partial charge in [0.2, 0.25) is 18.6 Å². The second kappa shape index (κ2) is 8.63. The Morgan fingerprint density at radius 3 is 2.81 bits per heavy atom. The number of fused-ring (bicyclic) bond motifs is 2. The zero-order chi connectivity index (χ0) is 21.2. The summed E-state index contributed by atoms with van der Waals surface area (Å²) in [6.07, 6.45) is 4.79. The summed E-state index contributed by atoms with van der Waals surface area (Å²) in [5.74, 6) is 1.86. The highest BCUT2D eigenvalue weighted by Crippen LogP contribution is 2.36. The van der Waals surface area contributed by atoms with Crippen molar-refractivity contribution >= 4 is 17.7 Å².